The molecule has 1 atom stereocenters. The van der Waals surface area contributed by atoms with Gasteiger partial charge in [0.15, 0.2) is 0 Å². The fourth-order valence-electron chi connectivity index (χ4n) is 2.74. The number of carbonyl (C=O) groups excluding carboxylic acids is 1. The Morgan fingerprint density at radius 2 is 2.00 bits per heavy atom. The molecule has 1 unspecified atom stereocenters. The fourth-order valence-corrected chi connectivity index (χ4v) is 2.99. The van der Waals surface area contributed by atoms with E-state index < -0.39 is 0 Å². The molecule has 3 rings (SSSR count). The van der Waals surface area contributed by atoms with Crippen molar-refractivity contribution >= 4 is 34.8 Å². The van der Waals surface area contributed by atoms with Crippen molar-refractivity contribution in [1.82, 2.24) is 5.43 Å². The second-order valence-electron chi connectivity index (χ2n) is 5.13. The van der Waals surface area contributed by atoms with Crippen LogP contribution in [0.4, 0.5) is 0 Å². The average Bonchev–Trinajstić information content (AvgIpc) is 2.91. The number of halogens is 2. The van der Waals surface area contributed by atoms with Gasteiger partial charge in [0.05, 0.1) is 5.71 Å². The van der Waals surface area contributed by atoms with E-state index in [9.17, 15) is 4.79 Å². The number of hydrogen-bond donors (Lipinski definition) is 1. The van der Waals surface area contributed by atoms with Crippen molar-refractivity contribution in [2.45, 2.75) is 12.3 Å². The molecule has 0 saturated heterocycles. The average molecular weight is 333 g/mol. The lowest BCUT2D eigenvalue weighted by Gasteiger charge is -2.12. The van der Waals surface area contributed by atoms with Crippen LogP contribution in [0.2, 0.25) is 5.02 Å². The molecule has 0 spiro atoms. The first-order valence-electron chi connectivity index (χ1n) is 6.95. The van der Waals surface area contributed by atoms with E-state index in [1.54, 1.807) is 0 Å². The van der Waals surface area contributed by atoms with Gasteiger partial charge in [-0.2, -0.15) is 5.10 Å². The number of nitrogens with one attached hydrogen (secondary N) is 1. The lowest BCUT2D eigenvalue weighted by atomic mass is 9.95. The number of rotatable bonds is 3. The number of benzene rings is 2. The van der Waals surface area contributed by atoms with E-state index in [-0.39, 0.29) is 17.7 Å². The molecule has 0 radical (unpaired) electrons. The molecular formula is C17H14Cl2N2O. The first-order valence-corrected chi connectivity index (χ1v) is 7.86. The van der Waals surface area contributed by atoms with Gasteiger partial charge in [-0.1, -0.05) is 48.0 Å². The van der Waals surface area contributed by atoms with Gasteiger partial charge in [-0.3, -0.25) is 4.79 Å². The number of carbonyl (C=O) groups is 1. The van der Waals surface area contributed by atoms with Crippen LogP contribution in [-0.4, -0.2) is 17.5 Å². The van der Waals surface area contributed by atoms with Crippen molar-refractivity contribution in [2.24, 2.45) is 5.10 Å². The fraction of sp³-hybridized carbons (Fsp3) is 0.176. The summed E-state index contributed by atoms with van der Waals surface area (Å²) in [5, 5.41) is 5.02. The molecule has 0 heterocycles. The first-order chi connectivity index (χ1) is 10.7. The van der Waals surface area contributed by atoms with Crippen LogP contribution in [0.15, 0.2) is 53.6 Å². The largest absolute Gasteiger partial charge is 0.272 e. The normalized spacial score (nSPS) is 18.3. The Hall–Kier alpha value is -1.84. The van der Waals surface area contributed by atoms with Crippen LogP contribution in [0.25, 0.3) is 0 Å². The molecule has 112 valence electrons. The summed E-state index contributed by atoms with van der Waals surface area (Å²) in [6.45, 7) is 0. The number of hydrogen-bond acceptors (Lipinski definition) is 2. The summed E-state index contributed by atoms with van der Waals surface area (Å²) in [5.41, 5.74) is 6.68. The number of fused-ring (bicyclic) bond motifs is 1. The van der Waals surface area contributed by atoms with Gasteiger partial charge < -0.3 is 0 Å². The molecule has 0 saturated carbocycles. The summed E-state index contributed by atoms with van der Waals surface area (Å²) < 4.78 is 0. The summed E-state index contributed by atoms with van der Waals surface area (Å²) in [4.78, 5) is 11.4. The molecule has 0 aliphatic heterocycles. The molecule has 5 heteroatoms. The molecule has 0 aromatic heterocycles. The monoisotopic (exact) mass is 332 g/mol. The lowest BCUT2D eigenvalue weighted by molar-refractivity contribution is -0.118. The Bertz CT molecular complexity index is 729. The second kappa shape index (κ2) is 6.51. The topological polar surface area (TPSA) is 41.5 Å². The highest BCUT2D eigenvalue weighted by Crippen LogP contribution is 2.35. The predicted octanol–water partition coefficient (Wildman–Crippen LogP) is 3.74. The Labute approximate surface area is 138 Å². The van der Waals surface area contributed by atoms with Gasteiger partial charge in [0.25, 0.3) is 5.91 Å². The van der Waals surface area contributed by atoms with Crippen LogP contribution < -0.4 is 5.43 Å². The second-order valence-corrected chi connectivity index (χ2v) is 5.84. The quantitative estimate of drug-likeness (QED) is 0.675. The van der Waals surface area contributed by atoms with E-state index in [0.717, 1.165) is 28.8 Å². The molecule has 0 fully saturated rings. The van der Waals surface area contributed by atoms with Crippen molar-refractivity contribution in [2.75, 3.05) is 5.88 Å². The van der Waals surface area contributed by atoms with Crippen molar-refractivity contribution in [3.05, 3.63) is 70.2 Å². The highest BCUT2D eigenvalue weighted by Gasteiger charge is 2.30. The Morgan fingerprint density at radius 3 is 2.73 bits per heavy atom. The van der Waals surface area contributed by atoms with E-state index in [0.29, 0.717) is 5.02 Å². The zero-order chi connectivity index (χ0) is 15.5. The van der Waals surface area contributed by atoms with Gasteiger partial charge in [-0.05, 0) is 29.7 Å². The van der Waals surface area contributed by atoms with Crippen LogP contribution in [0.5, 0.6) is 0 Å². The summed E-state index contributed by atoms with van der Waals surface area (Å²) in [7, 11) is 0. The Balaban J connectivity index is 2.01. The Morgan fingerprint density at radius 1 is 1.23 bits per heavy atom. The minimum atomic E-state index is -0.316. The van der Waals surface area contributed by atoms with Crippen LogP contribution in [0.3, 0.4) is 0 Å². The third-order valence-corrected chi connectivity index (χ3v) is 4.20. The SMILES string of the molecule is O=C(CCl)NN=C1c2ccc(Cl)cc2CC1c1ccccc1. The van der Waals surface area contributed by atoms with Crippen LogP contribution in [0.1, 0.15) is 22.6 Å². The standard InChI is InChI=1S/C17H14Cl2N2O/c18-10-16(22)20-21-17-14-7-6-13(19)8-12(14)9-15(17)11-4-2-1-3-5-11/h1-8,15H,9-10H2,(H,20,22). The molecule has 2 aromatic rings. The maximum absolute atomic E-state index is 11.4. The third-order valence-electron chi connectivity index (χ3n) is 3.72. The molecule has 1 N–H and O–H groups in total. The summed E-state index contributed by atoms with van der Waals surface area (Å²) in [5.74, 6) is -0.325. The van der Waals surface area contributed by atoms with Gasteiger partial charge >= 0.3 is 0 Å². The minimum Gasteiger partial charge on any atom is -0.272 e. The van der Waals surface area contributed by atoms with Gasteiger partial charge in [0.2, 0.25) is 0 Å². The smallest absolute Gasteiger partial charge is 0.254 e. The lowest BCUT2D eigenvalue weighted by Crippen LogP contribution is -2.22. The molecule has 22 heavy (non-hydrogen) atoms. The van der Waals surface area contributed by atoms with E-state index in [1.807, 2.05) is 36.4 Å². The molecule has 3 nitrogen and oxygen atoms in total. The van der Waals surface area contributed by atoms with Gasteiger partial charge in [-0.25, -0.2) is 5.43 Å². The number of amides is 1. The van der Waals surface area contributed by atoms with E-state index in [1.165, 1.54) is 0 Å². The number of hydrazone groups is 1. The minimum absolute atomic E-state index is 0.102. The van der Waals surface area contributed by atoms with Crippen LogP contribution >= 0.6 is 23.2 Å². The summed E-state index contributed by atoms with van der Waals surface area (Å²) >= 11 is 11.6. The molecule has 1 aliphatic rings. The maximum atomic E-state index is 11.4. The van der Waals surface area contributed by atoms with Crippen LogP contribution in [0, 0.1) is 0 Å². The zero-order valence-corrected chi connectivity index (χ0v) is 13.2. The van der Waals surface area contributed by atoms with Crippen molar-refractivity contribution < 1.29 is 4.79 Å². The van der Waals surface area contributed by atoms with E-state index >= 15 is 0 Å². The van der Waals surface area contributed by atoms with Gasteiger partial charge in [0, 0.05) is 16.5 Å². The molecular weight excluding hydrogens is 319 g/mol. The van der Waals surface area contributed by atoms with Crippen LogP contribution in [-0.2, 0) is 11.2 Å². The Kier molecular flexibility index (Phi) is 4.46. The number of nitrogens with zero attached hydrogens (tertiary/aromatic N) is 1. The van der Waals surface area contributed by atoms with Crippen molar-refractivity contribution in [3.63, 3.8) is 0 Å². The molecule has 0 bridgehead atoms. The highest BCUT2D eigenvalue weighted by molar-refractivity contribution is 6.31. The molecule has 1 amide bonds. The molecule has 1 aliphatic carbocycles. The maximum Gasteiger partial charge on any atom is 0.254 e. The van der Waals surface area contributed by atoms with Gasteiger partial charge in [0.1, 0.15) is 5.88 Å². The summed E-state index contributed by atoms with van der Waals surface area (Å²) in [6.07, 6.45) is 0.815. The number of alkyl halides is 1. The van der Waals surface area contributed by atoms with Crippen molar-refractivity contribution in [1.29, 1.82) is 0 Å². The predicted molar refractivity (Wildman–Crippen MR) is 89.7 cm³/mol. The van der Waals surface area contributed by atoms with Gasteiger partial charge in [-0.15, -0.1) is 11.6 Å². The summed E-state index contributed by atoms with van der Waals surface area (Å²) in [6, 6.07) is 15.9. The third kappa shape index (κ3) is 3.01. The van der Waals surface area contributed by atoms with E-state index in [4.69, 9.17) is 23.2 Å². The molecule has 2 aromatic carbocycles. The first kappa shape index (κ1) is 15.1. The zero-order valence-electron chi connectivity index (χ0n) is 11.7. The highest BCUT2D eigenvalue weighted by atomic mass is 35.5. The van der Waals surface area contributed by atoms with Crippen molar-refractivity contribution in [3.8, 4) is 0 Å². The van der Waals surface area contributed by atoms with E-state index in [2.05, 4.69) is 22.7 Å².